The highest BCUT2D eigenvalue weighted by atomic mass is 16.6. The number of nitrogens with zero attached hydrogens (tertiary/aromatic N) is 2. The van der Waals surface area contributed by atoms with Gasteiger partial charge in [0.1, 0.15) is 0 Å². The number of carbonyl (C=O) groups excluding carboxylic acids is 3. The van der Waals surface area contributed by atoms with E-state index < -0.39 is 17.8 Å². The lowest BCUT2D eigenvalue weighted by Gasteiger charge is -2.10. The molecule has 0 radical (unpaired) electrons. The van der Waals surface area contributed by atoms with E-state index in [-0.39, 0.29) is 12.2 Å². The maximum absolute atomic E-state index is 12.4. The van der Waals surface area contributed by atoms with Gasteiger partial charge < -0.3 is 14.8 Å². The fraction of sp³-hybridized carbons (Fsp3) is 0.115. The number of nitrogens with one attached hydrogen (secondary N) is 2. The number of hydrazone groups is 1. The van der Waals surface area contributed by atoms with Crippen LogP contribution in [-0.4, -0.2) is 31.1 Å². The Balaban J connectivity index is 1.58. The quantitative estimate of drug-likeness (QED) is 0.179. The van der Waals surface area contributed by atoms with E-state index in [1.807, 2.05) is 19.1 Å². The van der Waals surface area contributed by atoms with Crippen molar-refractivity contribution in [2.24, 2.45) is 5.10 Å². The highest BCUT2D eigenvalue weighted by Crippen LogP contribution is 2.28. The molecule has 0 bridgehead atoms. The molecule has 0 aliphatic heterocycles. The van der Waals surface area contributed by atoms with Gasteiger partial charge in [0.25, 0.3) is 0 Å². The molecule has 0 aromatic heterocycles. The summed E-state index contributed by atoms with van der Waals surface area (Å²) in [6, 6.07) is 20.3. The molecule has 2 N–H and O–H groups in total. The van der Waals surface area contributed by atoms with Crippen LogP contribution in [0.25, 0.3) is 0 Å². The highest BCUT2D eigenvalue weighted by molar-refractivity contribution is 6.39. The molecule has 176 valence electrons. The van der Waals surface area contributed by atoms with Crippen LogP contribution in [0.4, 0.5) is 5.69 Å². The molecule has 9 heteroatoms. The standard InChI is InChI=1S/C26H22N4O5/c1-17-4-3-5-20(14-17)26(33)35-22-11-8-19(15-23(22)34-2)16-28-30-25(32)24(31)29-21-9-6-18(7-10-21)12-13-27/h3-11,14-16H,12H2,1-2H3,(H,29,31)(H,30,32). The number of aryl methyl sites for hydroxylation is 1. The largest absolute Gasteiger partial charge is 0.493 e. The Bertz CT molecular complexity index is 1310. The monoisotopic (exact) mass is 470 g/mol. The first kappa shape index (κ1) is 24.7. The van der Waals surface area contributed by atoms with Crippen LogP contribution in [-0.2, 0) is 16.0 Å². The highest BCUT2D eigenvalue weighted by Gasteiger charge is 2.14. The van der Waals surface area contributed by atoms with E-state index in [0.717, 1.165) is 11.1 Å². The molecule has 0 atom stereocenters. The molecule has 35 heavy (non-hydrogen) atoms. The fourth-order valence-electron chi connectivity index (χ4n) is 2.98. The summed E-state index contributed by atoms with van der Waals surface area (Å²) in [5.41, 5.74) is 5.23. The van der Waals surface area contributed by atoms with Crippen LogP contribution in [0.2, 0.25) is 0 Å². The number of anilines is 1. The molecule has 3 aromatic rings. The van der Waals surface area contributed by atoms with Gasteiger partial charge >= 0.3 is 17.8 Å². The summed E-state index contributed by atoms with van der Waals surface area (Å²) in [5.74, 6) is -1.87. The van der Waals surface area contributed by atoms with Crippen molar-refractivity contribution in [1.29, 1.82) is 5.26 Å². The number of ether oxygens (including phenoxy) is 2. The lowest BCUT2D eigenvalue weighted by atomic mass is 10.1. The van der Waals surface area contributed by atoms with Gasteiger partial charge in [-0.1, -0.05) is 29.8 Å². The van der Waals surface area contributed by atoms with Crippen molar-refractivity contribution >= 4 is 29.7 Å². The summed E-state index contributed by atoms with van der Waals surface area (Å²) in [7, 11) is 1.43. The number of rotatable bonds is 7. The van der Waals surface area contributed by atoms with Gasteiger partial charge in [-0.15, -0.1) is 0 Å². The second-order valence-corrected chi connectivity index (χ2v) is 7.35. The topological polar surface area (TPSA) is 130 Å². The molecule has 2 amide bonds. The summed E-state index contributed by atoms with van der Waals surface area (Å²) in [6.45, 7) is 1.88. The van der Waals surface area contributed by atoms with Gasteiger partial charge in [-0.3, -0.25) is 9.59 Å². The molecule has 0 fully saturated rings. The molecule has 0 unspecified atom stereocenters. The van der Waals surface area contributed by atoms with Crippen LogP contribution in [0.15, 0.2) is 71.8 Å². The fourth-order valence-corrected chi connectivity index (χ4v) is 2.98. The van der Waals surface area contributed by atoms with E-state index in [4.69, 9.17) is 14.7 Å². The van der Waals surface area contributed by atoms with E-state index in [1.165, 1.54) is 13.3 Å². The molecular formula is C26H22N4O5. The molecular weight excluding hydrogens is 448 g/mol. The number of nitriles is 1. The van der Waals surface area contributed by atoms with E-state index in [2.05, 4.69) is 15.8 Å². The Morgan fingerprint density at radius 3 is 2.46 bits per heavy atom. The molecule has 3 aromatic carbocycles. The molecule has 0 aliphatic rings. The van der Waals surface area contributed by atoms with E-state index >= 15 is 0 Å². The zero-order chi connectivity index (χ0) is 25.2. The summed E-state index contributed by atoms with van der Waals surface area (Å²) < 4.78 is 10.7. The van der Waals surface area contributed by atoms with Crippen molar-refractivity contribution in [2.75, 3.05) is 12.4 Å². The van der Waals surface area contributed by atoms with Crippen LogP contribution in [0.5, 0.6) is 11.5 Å². The minimum atomic E-state index is -0.960. The smallest absolute Gasteiger partial charge is 0.343 e. The van der Waals surface area contributed by atoms with Crippen LogP contribution in [0.3, 0.4) is 0 Å². The average molecular weight is 470 g/mol. The molecule has 0 spiro atoms. The van der Waals surface area contributed by atoms with E-state index in [9.17, 15) is 14.4 Å². The maximum atomic E-state index is 12.4. The third-order valence-electron chi connectivity index (χ3n) is 4.73. The zero-order valence-corrected chi connectivity index (χ0v) is 19.1. The minimum absolute atomic E-state index is 0.223. The van der Waals surface area contributed by atoms with Crippen LogP contribution >= 0.6 is 0 Å². The average Bonchev–Trinajstić information content (AvgIpc) is 2.86. The zero-order valence-electron chi connectivity index (χ0n) is 19.1. The molecule has 3 rings (SSSR count). The first-order chi connectivity index (χ1) is 16.9. The second kappa shape index (κ2) is 11.8. The van der Waals surface area contributed by atoms with Gasteiger partial charge in [-0.05, 0) is 60.5 Å². The first-order valence-electron chi connectivity index (χ1n) is 10.5. The Morgan fingerprint density at radius 1 is 1.00 bits per heavy atom. The van der Waals surface area contributed by atoms with Crippen LogP contribution in [0.1, 0.15) is 27.0 Å². The lowest BCUT2D eigenvalue weighted by molar-refractivity contribution is -0.136. The number of hydrogen-bond acceptors (Lipinski definition) is 7. The van der Waals surface area contributed by atoms with Crippen molar-refractivity contribution in [3.05, 3.63) is 89.0 Å². The first-order valence-corrected chi connectivity index (χ1v) is 10.5. The third-order valence-corrected chi connectivity index (χ3v) is 4.73. The number of carbonyl (C=O) groups is 3. The number of benzene rings is 3. The molecule has 9 nitrogen and oxygen atoms in total. The molecule has 0 saturated carbocycles. The Kier molecular flexibility index (Phi) is 8.29. The number of esters is 1. The van der Waals surface area contributed by atoms with Gasteiger partial charge in [-0.25, -0.2) is 10.2 Å². The SMILES string of the molecule is COc1cc(C=NNC(=O)C(=O)Nc2ccc(CC#N)cc2)ccc1OC(=O)c1cccc(C)c1. The maximum Gasteiger partial charge on any atom is 0.343 e. The summed E-state index contributed by atoms with van der Waals surface area (Å²) in [4.78, 5) is 36.4. The van der Waals surface area contributed by atoms with Gasteiger partial charge in [-0.2, -0.15) is 10.4 Å². The molecule has 0 heterocycles. The number of methoxy groups -OCH3 is 1. The Labute approximate surface area is 202 Å². The lowest BCUT2D eigenvalue weighted by Crippen LogP contribution is -2.32. The van der Waals surface area contributed by atoms with Gasteiger partial charge in [0, 0.05) is 5.69 Å². The van der Waals surface area contributed by atoms with E-state index in [1.54, 1.807) is 60.7 Å². The van der Waals surface area contributed by atoms with E-state index in [0.29, 0.717) is 22.6 Å². The van der Waals surface area contributed by atoms with Crippen LogP contribution in [0, 0.1) is 18.3 Å². The predicted molar refractivity (Wildman–Crippen MR) is 129 cm³/mol. The predicted octanol–water partition coefficient (Wildman–Crippen LogP) is 3.38. The van der Waals surface area contributed by atoms with Crippen molar-refractivity contribution in [3.8, 4) is 17.6 Å². The number of amides is 2. The van der Waals surface area contributed by atoms with Gasteiger partial charge in [0.2, 0.25) is 0 Å². The number of hydrogen-bond donors (Lipinski definition) is 2. The molecule has 0 aliphatic carbocycles. The summed E-state index contributed by atoms with van der Waals surface area (Å²) in [5, 5.41) is 14.9. The van der Waals surface area contributed by atoms with Gasteiger partial charge in [0.15, 0.2) is 11.5 Å². The van der Waals surface area contributed by atoms with Gasteiger partial charge in [0.05, 0.1) is 31.4 Å². The normalized spacial score (nSPS) is 10.3. The Hall–Kier alpha value is -4.97. The van der Waals surface area contributed by atoms with Crippen LogP contribution < -0.4 is 20.2 Å². The van der Waals surface area contributed by atoms with Crippen molar-refractivity contribution in [1.82, 2.24) is 5.43 Å². The Morgan fingerprint density at radius 2 is 1.77 bits per heavy atom. The molecule has 0 saturated heterocycles. The van der Waals surface area contributed by atoms with Crippen molar-refractivity contribution < 1.29 is 23.9 Å². The summed E-state index contributed by atoms with van der Waals surface area (Å²) in [6.07, 6.45) is 1.57. The minimum Gasteiger partial charge on any atom is -0.493 e. The van der Waals surface area contributed by atoms with Crippen molar-refractivity contribution in [3.63, 3.8) is 0 Å². The summed E-state index contributed by atoms with van der Waals surface area (Å²) >= 11 is 0. The second-order valence-electron chi connectivity index (χ2n) is 7.35. The van der Waals surface area contributed by atoms with Crippen molar-refractivity contribution in [2.45, 2.75) is 13.3 Å². The third kappa shape index (κ3) is 7.00.